The smallest absolute Gasteiger partial charge is 0.216 e. The molecule has 0 atom stereocenters. The van der Waals surface area contributed by atoms with Gasteiger partial charge in [0.1, 0.15) is 0 Å². The quantitative estimate of drug-likeness (QED) is 0.118. The number of fused-ring (bicyclic) bond motifs is 3. The Kier molecular flexibility index (Phi) is 7.12. The molecule has 6 aromatic rings. The molecular formula is C44H49IrN3OSi-2. The molecule has 6 heteroatoms. The molecule has 2 aliphatic carbocycles. The molecule has 0 N–H and O–H groups in total. The Balaban J connectivity index is 0.000000234. The van der Waals surface area contributed by atoms with Gasteiger partial charge in [-0.15, -0.1) is 54.0 Å². The van der Waals surface area contributed by atoms with Crippen molar-refractivity contribution in [2.75, 3.05) is 0 Å². The minimum absolute atomic E-state index is 0. The van der Waals surface area contributed by atoms with E-state index < -0.39 is 64.4 Å². The number of aryl methyl sites for hydroxylation is 2. The maximum atomic E-state index is 8.90. The Morgan fingerprint density at radius 1 is 0.860 bits per heavy atom. The van der Waals surface area contributed by atoms with E-state index in [1.807, 2.05) is 36.5 Å². The predicted octanol–water partition coefficient (Wildman–Crippen LogP) is 11.0. The average Bonchev–Trinajstić information content (AvgIpc) is 4.03. The zero-order valence-corrected chi connectivity index (χ0v) is 31.9. The largest absolute Gasteiger partial charge is 0.486 e. The van der Waals surface area contributed by atoms with Gasteiger partial charge in [0, 0.05) is 58.7 Å². The molecule has 2 aliphatic rings. The van der Waals surface area contributed by atoms with Crippen LogP contribution in [0.5, 0.6) is 0 Å². The summed E-state index contributed by atoms with van der Waals surface area (Å²) in [5.41, 5.74) is 1.21. The molecule has 8 rings (SSSR count). The van der Waals surface area contributed by atoms with Crippen molar-refractivity contribution in [3.63, 3.8) is 0 Å². The van der Waals surface area contributed by atoms with Crippen molar-refractivity contribution in [2.45, 2.75) is 97.5 Å². The van der Waals surface area contributed by atoms with Crippen LogP contribution in [0.1, 0.15) is 92.9 Å². The third kappa shape index (κ3) is 8.20. The van der Waals surface area contributed by atoms with Gasteiger partial charge in [0.2, 0.25) is 5.71 Å². The van der Waals surface area contributed by atoms with Crippen LogP contribution in [0.3, 0.4) is 0 Å². The molecule has 50 heavy (non-hydrogen) atoms. The second-order valence-corrected chi connectivity index (χ2v) is 19.0. The summed E-state index contributed by atoms with van der Waals surface area (Å²) in [5, 5.41) is 0.954. The second-order valence-electron chi connectivity index (χ2n) is 14.0. The molecule has 261 valence electrons. The maximum Gasteiger partial charge on any atom is 0.216 e. The number of hydrogen-bond acceptors (Lipinski definition) is 4. The van der Waals surface area contributed by atoms with Gasteiger partial charge in [-0.2, -0.15) is 0 Å². The molecule has 0 bridgehead atoms. The SMILES string of the molecule is [2H]C([2H])(c1cc(-c2[c-]cccc2)ncc1[Si](C)(C)C)C1CCCC1.[2H]c1[c-]c(-c2cc(C([2H])([2H])[2H])c(C([2H])([2H])C3CCCC3)cn2)c2oc3nc(C([2H])([2H])[2H])c([2H])c([2H])c3c2c1[2H].[Ir]. The van der Waals surface area contributed by atoms with Crippen LogP contribution >= 0.6 is 0 Å². The van der Waals surface area contributed by atoms with Crippen LogP contribution in [0.15, 0.2) is 77.4 Å². The monoisotopic (exact) mass is 870 g/mol. The van der Waals surface area contributed by atoms with E-state index in [2.05, 4.69) is 46.7 Å². The summed E-state index contributed by atoms with van der Waals surface area (Å²) in [7, 11) is -1.68. The molecule has 0 saturated heterocycles. The van der Waals surface area contributed by atoms with E-state index in [0.29, 0.717) is 12.8 Å². The number of hydrogen-bond donors (Lipinski definition) is 0. The summed E-state index contributed by atoms with van der Waals surface area (Å²) in [6.45, 7) is 1.31. The first-order valence-electron chi connectivity index (χ1n) is 24.1. The Morgan fingerprint density at radius 2 is 1.60 bits per heavy atom. The van der Waals surface area contributed by atoms with Crippen molar-refractivity contribution in [3.8, 4) is 22.5 Å². The normalized spacial score (nSPS) is 20.5. The zero-order chi connectivity index (χ0) is 46.0. The van der Waals surface area contributed by atoms with E-state index in [1.54, 1.807) is 0 Å². The maximum absolute atomic E-state index is 8.90. The number of furan rings is 1. The van der Waals surface area contributed by atoms with Gasteiger partial charge in [-0.3, -0.25) is 0 Å². The summed E-state index contributed by atoms with van der Waals surface area (Å²) in [6.07, 6.45) is 7.17. The molecule has 0 unspecified atom stereocenters. The van der Waals surface area contributed by atoms with Gasteiger partial charge >= 0.3 is 0 Å². The van der Waals surface area contributed by atoms with Crippen LogP contribution in [-0.2, 0) is 32.9 Å². The van der Waals surface area contributed by atoms with Gasteiger partial charge in [-0.1, -0.05) is 105 Å². The van der Waals surface area contributed by atoms with Crippen LogP contribution in [0.4, 0.5) is 0 Å². The van der Waals surface area contributed by atoms with Gasteiger partial charge in [0.05, 0.1) is 16.4 Å². The van der Waals surface area contributed by atoms with Gasteiger partial charge in [0.25, 0.3) is 0 Å². The molecule has 4 heterocycles. The van der Waals surface area contributed by atoms with E-state index in [0.717, 1.165) is 60.5 Å². The number of benzene rings is 2. The number of pyridine rings is 3. The van der Waals surface area contributed by atoms with Crippen LogP contribution in [-0.4, -0.2) is 23.0 Å². The molecule has 1 radical (unpaired) electrons. The van der Waals surface area contributed by atoms with Crippen molar-refractivity contribution in [1.82, 2.24) is 15.0 Å². The van der Waals surface area contributed by atoms with Gasteiger partial charge < -0.3 is 14.4 Å². The van der Waals surface area contributed by atoms with Crippen molar-refractivity contribution >= 4 is 35.3 Å². The summed E-state index contributed by atoms with van der Waals surface area (Å²) in [4.78, 5) is 12.9. The first-order valence-corrected chi connectivity index (χ1v) is 20.6. The van der Waals surface area contributed by atoms with E-state index in [4.69, 9.17) is 23.6 Å². The molecule has 0 spiro atoms. The third-order valence-corrected chi connectivity index (χ3v) is 11.3. The molecular weight excluding hydrogens is 807 g/mol. The zero-order valence-electron chi connectivity index (χ0n) is 42.5. The molecule has 2 fully saturated rings. The van der Waals surface area contributed by atoms with Crippen molar-refractivity contribution in [1.29, 1.82) is 0 Å². The Bertz CT molecular complexity index is 2670. The minimum Gasteiger partial charge on any atom is -0.486 e. The third-order valence-electron chi connectivity index (χ3n) is 9.30. The summed E-state index contributed by atoms with van der Waals surface area (Å²) < 4.78 is 122. The van der Waals surface area contributed by atoms with E-state index in [-0.39, 0.29) is 76.4 Å². The molecule has 0 amide bonds. The van der Waals surface area contributed by atoms with Crippen molar-refractivity contribution in [2.24, 2.45) is 11.8 Å². The Labute approximate surface area is 332 Å². The van der Waals surface area contributed by atoms with Crippen LogP contribution < -0.4 is 5.19 Å². The van der Waals surface area contributed by atoms with Crippen molar-refractivity contribution < 1.29 is 43.7 Å². The number of aromatic nitrogens is 3. The fourth-order valence-electron chi connectivity index (χ4n) is 6.71. The van der Waals surface area contributed by atoms with E-state index in [9.17, 15) is 0 Å². The van der Waals surface area contributed by atoms with Gasteiger partial charge in [0.15, 0.2) is 0 Å². The predicted molar refractivity (Wildman–Crippen MR) is 206 cm³/mol. The minimum atomic E-state index is -2.80. The van der Waals surface area contributed by atoms with Gasteiger partial charge in [-0.05, 0) is 73.9 Å². The fraction of sp³-hybridized carbons (Fsp3) is 0.386. The molecule has 2 saturated carbocycles. The summed E-state index contributed by atoms with van der Waals surface area (Å²) in [6, 6.07) is 14.9. The van der Waals surface area contributed by atoms with Crippen LogP contribution in [0, 0.1) is 37.7 Å². The number of nitrogens with zero attached hydrogens (tertiary/aromatic N) is 3. The van der Waals surface area contributed by atoms with Crippen LogP contribution in [0.2, 0.25) is 19.6 Å². The standard InChI is InChI=1S/C24H23N2O.C20H26NSi.Ir/c1-15-12-22(25-14-18(15)13-17-6-3-4-7-17)21-9-5-8-19-20-11-10-16(2)26-24(20)27-23(19)21;1-22(2,3)20-15-21-19(17-11-5-4-6-12-17)14-18(20)13-16-9-7-8-10-16;/h5,8,10-12,14,17H,3-4,6-7,13H2,1-2H3;4-6,11,14-16H,7-10,13H2,1-3H3;/q2*-1;/i1D3,2D3,5D,8D,10D,11D,13D2;13D2;. The van der Waals surface area contributed by atoms with Crippen molar-refractivity contribution in [3.05, 3.63) is 107 Å². The molecule has 2 aromatic carbocycles. The molecule has 4 nitrogen and oxygen atoms in total. The van der Waals surface area contributed by atoms with Crippen LogP contribution in [0.25, 0.3) is 44.6 Å². The van der Waals surface area contributed by atoms with E-state index >= 15 is 0 Å². The average molecular weight is 870 g/mol. The fourth-order valence-corrected chi connectivity index (χ4v) is 8.12. The topological polar surface area (TPSA) is 51.8 Å². The first-order chi connectivity index (χ1) is 29.3. The van der Waals surface area contributed by atoms with E-state index in [1.165, 1.54) is 12.3 Å². The summed E-state index contributed by atoms with van der Waals surface area (Å²) >= 11 is 0. The second kappa shape index (κ2) is 15.8. The number of rotatable bonds is 7. The molecule has 4 aromatic heterocycles. The Hall–Kier alpha value is -3.44. The summed E-state index contributed by atoms with van der Waals surface area (Å²) in [5.74, 6) is -0.224. The Morgan fingerprint density at radius 3 is 2.28 bits per heavy atom. The first kappa shape index (κ1) is 22.5. The van der Waals surface area contributed by atoms with Gasteiger partial charge in [-0.25, -0.2) is 4.98 Å². The molecule has 0 aliphatic heterocycles.